The van der Waals surface area contributed by atoms with Crippen LogP contribution in [0.1, 0.15) is 13.8 Å². The Morgan fingerprint density at radius 3 is 2.12 bits per heavy atom. The standard InChI is InChI=1S/C9H14O7/c1-4(11)14-7-6(3-10)16-9(13)8(7)15-5(2)12/h6-10,13H,3H2,1-2H3. The largest absolute Gasteiger partial charge is 0.455 e. The van der Waals surface area contributed by atoms with Gasteiger partial charge in [0.25, 0.3) is 0 Å². The Balaban J connectivity index is 2.76. The van der Waals surface area contributed by atoms with Crippen molar-refractivity contribution < 1.29 is 34.0 Å². The summed E-state index contributed by atoms with van der Waals surface area (Å²) in [6.45, 7) is 1.88. The van der Waals surface area contributed by atoms with E-state index >= 15 is 0 Å². The number of ether oxygens (including phenoxy) is 3. The van der Waals surface area contributed by atoms with Gasteiger partial charge in [-0.2, -0.15) is 0 Å². The number of aliphatic hydroxyl groups is 2. The Labute approximate surface area is 91.9 Å². The highest BCUT2D eigenvalue weighted by atomic mass is 16.7. The highest BCUT2D eigenvalue weighted by Crippen LogP contribution is 2.25. The summed E-state index contributed by atoms with van der Waals surface area (Å²) < 4.78 is 14.5. The lowest BCUT2D eigenvalue weighted by atomic mass is 10.1. The summed E-state index contributed by atoms with van der Waals surface area (Å²) in [7, 11) is 0. The summed E-state index contributed by atoms with van der Waals surface area (Å²) in [4.78, 5) is 21.6. The SMILES string of the molecule is CC(=O)OC1C(O)OC(CO)C1OC(C)=O. The van der Waals surface area contributed by atoms with Gasteiger partial charge in [0.15, 0.2) is 18.5 Å². The molecule has 0 amide bonds. The Morgan fingerprint density at radius 2 is 1.69 bits per heavy atom. The van der Waals surface area contributed by atoms with Crippen molar-refractivity contribution in [2.24, 2.45) is 0 Å². The van der Waals surface area contributed by atoms with Crippen LogP contribution in [-0.4, -0.2) is 53.4 Å². The predicted molar refractivity (Wildman–Crippen MR) is 49.1 cm³/mol. The first-order chi connectivity index (χ1) is 7.45. The Kier molecular flexibility index (Phi) is 4.22. The molecule has 2 N–H and O–H groups in total. The molecule has 16 heavy (non-hydrogen) atoms. The molecular weight excluding hydrogens is 220 g/mol. The second-order valence-electron chi connectivity index (χ2n) is 3.40. The van der Waals surface area contributed by atoms with Gasteiger partial charge in [0.05, 0.1) is 6.61 Å². The summed E-state index contributed by atoms with van der Waals surface area (Å²) in [5.41, 5.74) is 0. The lowest BCUT2D eigenvalue weighted by molar-refractivity contribution is -0.174. The third kappa shape index (κ3) is 2.91. The fraction of sp³-hybridized carbons (Fsp3) is 0.778. The maximum absolute atomic E-state index is 10.8. The van der Waals surface area contributed by atoms with Crippen LogP contribution in [0.5, 0.6) is 0 Å². The van der Waals surface area contributed by atoms with Gasteiger partial charge in [-0.15, -0.1) is 0 Å². The van der Waals surface area contributed by atoms with Crippen LogP contribution >= 0.6 is 0 Å². The summed E-state index contributed by atoms with van der Waals surface area (Å²) >= 11 is 0. The van der Waals surface area contributed by atoms with E-state index < -0.39 is 43.1 Å². The van der Waals surface area contributed by atoms with Crippen LogP contribution in [0.4, 0.5) is 0 Å². The normalized spacial score (nSPS) is 33.5. The first kappa shape index (κ1) is 12.9. The predicted octanol–water partition coefficient (Wildman–Crippen LogP) is -1.44. The van der Waals surface area contributed by atoms with E-state index in [0.29, 0.717) is 0 Å². The molecule has 4 atom stereocenters. The van der Waals surface area contributed by atoms with Crippen LogP contribution in [0.15, 0.2) is 0 Å². The zero-order valence-electron chi connectivity index (χ0n) is 8.95. The number of esters is 2. The highest BCUT2D eigenvalue weighted by molar-refractivity contribution is 5.67. The first-order valence-corrected chi connectivity index (χ1v) is 4.74. The number of hydrogen-bond acceptors (Lipinski definition) is 7. The molecule has 1 aliphatic rings. The zero-order valence-corrected chi connectivity index (χ0v) is 8.95. The first-order valence-electron chi connectivity index (χ1n) is 4.74. The molecular formula is C9H14O7. The molecule has 1 aliphatic heterocycles. The maximum Gasteiger partial charge on any atom is 0.303 e. The van der Waals surface area contributed by atoms with Crippen molar-refractivity contribution in [2.75, 3.05) is 6.61 Å². The molecule has 1 heterocycles. The molecule has 0 radical (unpaired) electrons. The van der Waals surface area contributed by atoms with Crippen LogP contribution < -0.4 is 0 Å². The van der Waals surface area contributed by atoms with Gasteiger partial charge in [0.1, 0.15) is 6.10 Å². The molecule has 1 rings (SSSR count). The average Bonchev–Trinajstić information content (AvgIpc) is 2.44. The molecule has 0 aromatic rings. The molecule has 0 aliphatic carbocycles. The number of carbonyl (C=O) groups is 2. The smallest absolute Gasteiger partial charge is 0.303 e. The van der Waals surface area contributed by atoms with Crippen molar-refractivity contribution >= 4 is 11.9 Å². The summed E-state index contributed by atoms with van der Waals surface area (Å²) in [6.07, 6.45) is -4.42. The van der Waals surface area contributed by atoms with Crippen LogP contribution in [0.3, 0.4) is 0 Å². The molecule has 1 fully saturated rings. The van der Waals surface area contributed by atoms with E-state index in [1.807, 2.05) is 0 Å². The second-order valence-corrected chi connectivity index (χ2v) is 3.40. The van der Waals surface area contributed by atoms with Gasteiger partial charge in [-0.25, -0.2) is 0 Å². The lowest BCUT2D eigenvalue weighted by Gasteiger charge is -2.21. The van der Waals surface area contributed by atoms with Gasteiger partial charge in [-0.05, 0) is 0 Å². The molecule has 0 spiro atoms. The number of hydrogen-bond donors (Lipinski definition) is 2. The second kappa shape index (κ2) is 5.24. The zero-order chi connectivity index (χ0) is 12.3. The van der Waals surface area contributed by atoms with E-state index in [9.17, 15) is 14.7 Å². The summed E-state index contributed by atoms with van der Waals surface area (Å²) in [5.74, 6) is -1.25. The highest BCUT2D eigenvalue weighted by Gasteiger charge is 2.48. The minimum absolute atomic E-state index is 0.452. The fourth-order valence-corrected chi connectivity index (χ4v) is 1.51. The minimum atomic E-state index is -1.41. The molecule has 92 valence electrons. The maximum atomic E-state index is 10.8. The van der Waals surface area contributed by atoms with Gasteiger partial charge in [0, 0.05) is 13.8 Å². The lowest BCUT2D eigenvalue weighted by Crippen LogP contribution is -2.40. The monoisotopic (exact) mass is 234 g/mol. The molecule has 0 saturated carbocycles. The molecule has 7 nitrogen and oxygen atoms in total. The summed E-state index contributed by atoms with van der Waals surface area (Å²) in [5, 5.41) is 18.4. The van der Waals surface area contributed by atoms with Crippen LogP contribution in [0, 0.1) is 0 Å². The Hall–Kier alpha value is -1.18. The molecule has 1 saturated heterocycles. The Morgan fingerprint density at radius 1 is 1.19 bits per heavy atom. The van der Waals surface area contributed by atoms with E-state index in [1.165, 1.54) is 6.92 Å². The third-order valence-corrected chi connectivity index (χ3v) is 2.07. The van der Waals surface area contributed by atoms with E-state index in [0.717, 1.165) is 6.92 Å². The molecule has 0 aromatic carbocycles. The van der Waals surface area contributed by atoms with Crippen LogP contribution in [-0.2, 0) is 23.8 Å². The number of carbonyl (C=O) groups excluding carboxylic acids is 2. The quantitative estimate of drug-likeness (QED) is 0.576. The summed E-state index contributed by atoms with van der Waals surface area (Å²) in [6, 6.07) is 0. The van der Waals surface area contributed by atoms with Crippen molar-refractivity contribution in [3.05, 3.63) is 0 Å². The van der Waals surface area contributed by atoms with Crippen molar-refractivity contribution in [1.29, 1.82) is 0 Å². The van der Waals surface area contributed by atoms with E-state index in [4.69, 9.17) is 19.3 Å². The van der Waals surface area contributed by atoms with Crippen LogP contribution in [0.2, 0.25) is 0 Å². The molecule has 0 aromatic heterocycles. The van der Waals surface area contributed by atoms with Crippen molar-refractivity contribution in [1.82, 2.24) is 0 Å². The van der Waals surface area contributed by atoms with Crippen LogP contribution in [0.25, 0.3) is 0 Å². The molecule has 7 heteroatoms. The van der Waals surface area contributed by atoms with Crippen molar-refractivity contribution in [2.45, 2.75) is 38.4 Å². The number of rotatable bonds is 3. The van der Waals surface area contributed by atoms with E-state index in [-0.39, 0.29) is 0 Å². The van der Waals surface area contributed by atoms with Gasteiger partial charge < -0.3 is 24.4 Å². The van der Waals surface area contributed by atoms with Gasteiger partial charge >= 0.3 is 11.9 Å². The Bertz CT molecular complexity index is 277. The minimum Gasteiger partial charge on any atom is -0.455 e. The van der Waals surface area contributed by atoms with E-state index in [1.54, 1.807) is 0 Å². The van der Waals surface area contributed by atoms with Crippen molar-refractivity contribution in [3.63, 3.8) is 0 Å². The van der Waals surface area contributed by atoms with Crippen molar-refractivity contribution in [3.8, 4) is 0 Å². The van der Waals surface area contributed by atoms with Gasteiger partial charge in [-0.1, -0.05) is 0 Å². The van der Waals surface area contributed by atoms with Gasteiger partial charge in [-0.3, -0.25) is 9.59 Å². The van der Waals surface area contributed by atoms with Gasteiger partial charge in [0.2, 0.25) is 0 Å². The molecule has 0 bridgehead atoms. The fourth-order valence-electron chi connectivity index (χ4n) is 1.51. The third-order valence-electron chi connectivity index (χ3n) is 2.07. The number of aliphatic hydroxyl groups excluding tert-OH is 2. The average molecular weight is 234 g/mol. The molecule has 4 unspecified atom stereocenters. The topological polar surface area (TPSA) is 102 Å². The van der Waals surface area contributed by atoms with E-state index in [2.05, 4.69) is 0 Å².